The Morgan fingerprint density at radius 3 is 2.70 bits per heavy atom. The smallest absolute Gasteiger partial charge is 0.227 e. The third-order valence-corrected chi connectivity index (χ3v) is 3.60. The monoisotopic (exact) mass is 275 g/mol. The molecule has 2 rings (SSSR count). The number of hydrogen-bond donors (Lipinski definition) is 2. The van der Waals surface area contributed by atoms with Gasteiger partial charge in [-0.1, -0.05) is 19.1 Å². The summed E-state index contributed by atoms with van der Waals surface area (Å²) >= 11 is 0. The van der Waals surface area contributed by atoms with E-state index in [0.29, 0.717) is 19.6 Å². The third kappa shape index (κ3) is 3.17. The molecule has 0 radical (unpaired) electrons. The Kier molecular flexibility index (Phi) is 4.74. The molecule has 3 N–H and O–H groups in total. The number of nitrogens with two attached hydrogens (primary N) is 1. The fourth-order valence-corrected chi connectivity index (χ4v) is 2.38. The molecule has 108 valence electrons. The molecule has 0 aliphatic carbocycles. The molecule has 0 spiro atoms. The zero-order valence-corrected chi connectivity index (χ0v) is 11.8. The molecule has 1 aromatic rings. The molecule has 5 nitrogen and oxygen atoms in total. The average Bonchev–Trinajstić information content (AvgIpc) is 2.87. The molecule has 1 unspecified atom stereocenters. The first-order valence-electron chi connectivity index (χ1n) is 7.02. The summed E-state index contributed by atoms with van der Waals surface area (Å²) in [6, 6.07) is 7.92. The Morgan fingerprint density at radius 1 is 1.40 bits per heavy atom. The van der Waals surface area contributed by atoms with E-state index in [0.717, 1.165) is 12.1 Å². The minimum absolute atomic E-state index is 0.00199. The number of aryl methyl sites for hydroxylation is 1. The van der Waals surface area contributed by atoms with Crippen LogP contribution < -0.4 is 16.0 Å². The molecule has 1 heterocycles. The van der Waals surface area contributed by atoms with Crippen LogP contribution in [0.5, 0.6) is 0 Å². The van der Waals surface area contributed by atoms with Gasteiger partial charge in [0.25, 0.3) is 0 Å². The second-order valence-electron chi connectivity index (χ2n) is 5.01. The maximum absolute atomic E-state index is 12.0. The first kappa shape index (κ1) is 14.5. The van der Waals surface area contributed by atoms with Gasteiger partial charge in [0.1, 0.15) is 0 Å². The molecule has 0 saturated carbocycles. The second kappa shape index (κ2) is 6.52. The van der Waals surface area contributed by atoms with Crippen LogP contribution >= 0.6 is 0 Å². The van der Waals surface area contributed by atoms with Gasteiger partial charge in [0.2, 0.25) is 11.8 Å². The quantitative estimate of drug-likeness (QED) is 0.829. The Morgan fingerprint density at radius 2 is 2.10 bits per heavy atom. The lowest BCUT2D eigenvalue weighted by molar-refractivity contribution is -0.126. The molecule has 1 aromatic carbocycles. The molecule has 20 heavy (non-hydrogen) atoms. The zero-order valence-electron chi connectivity index (χ0n) is 11.8. The van der Waals surface area contributed by atoms with Crippen molar-refractivity contribution in [1.82, 2.24) is 5.32 Å². The van der Waals surface area contributed by atoms with Crippen molar-refractivity contribution < 1.29 is 9.59 Å². The van der Waals surface area contributed by atoms with E-state index < -0.39 is 0 Å². The second-order valence-corrected chi connectivity index (χ2v) is 5.01. The molecular weight excluding hydrogens is 254 g/mol. The topological polar surface area (TPSA) is 75.4 Å². The summed E-state index contributed by atoms with van der Waals surface area (Å²) < 4.78 is 0. The summed E-state index contributed by atoms with van der Waals surface area (Å²) in [5.41, 5.74) is 7.45. The summed E-state index contributed by atoms with van der Waals surface area (Å²) in [5.74, 6) is -0.362. The summed E-state index contributed by atoms with van der Waals surface area (Å²) in [5, 5.41) is 2.74. The van der Waals surface area contributed by atoms with E-state index in [4.69, 9.17) is 5.73 Å². The average molecular weight is 275 g/mol. The number of carbonyl (C=O) groups is 2. The highest BCUT2D eigenvalue weighted by molar-refractivity contribution is 6.00. The van der Waals surface area contributed by atoms with Crippen LogP contribution in [0.15, 0.2) is 24.3 Å². The van der Waals surface area contributed by atoms with Gasteiger partial charge in [0.15, 0.2) is 0 Å². The summed E-state index contributed by atoms with van der Waals surface area (Å²) in [6.45, 7) is 3.40. The number of hydrogen-bond acceptors (Lipinski definition) is 3. The fraction of sp³-hybridized carbons (Fsp3) is 0.467. The normalized spacial score (nSPS) is 18.4. The molecule has 1 fully saturated rings. The lowest BCUT2D eigenvalue weighted by atomic mass is 10.1. The lowest BCUT2D eigenvalue weighted by Gasteiger charge is -2.17. The Labute approximate surface area is 119 Å². The van der Waals surface area contributed by atoms with E-state index in [-0.39, 0.29) is 24.2 Å². The Bertz CT molecular complexity index is 484. The van der Waals surface area contributed by atoms with Gasteiger partial charge >= 0.3 is 0 Å². The maximum Gasteiger partial charge on any atom is 0.227 e. The van der Waals surface area contributed by atoms with Crippen molar-refractivity contribution in [2.24, 2.45) is 11.7 Å². The first-order valence-corrected chi connectivity index (χ1v) is 7.02. The summed E-state index contributed by atoms with van der Waals surface area (Å²) in [6.07, 6.45) is 1.24. The fourth-order valence-electron chi connectivity index (χ4n) is 2.38. The summed E-state index contributed by atoms with van der Waals surface area (Å²) in [4.78, 5) is 25.6. The predicted octanol–water partition coefficient (Wildman–Crippen LogP) is 0.677. The van der Waals surface area contributed by atoms with E-state index in [9.17, 15) is 9.59 Å². The van der Waals surface area contributed by atoms with E-state index >= 15 is 0 Å². The van der Waals surface area contributed by atoms with Crippen molar-refractivity contribution >= 4 is 17.5 Å². The van der Waals surface area contributed by atoms with Gasteiger partial charge in [-0.3, -0.25) is 9.59 Å². The van der Waals surface area contributed by atoms with Crippen LogP contribution in [0.1, 0.15) is 18.9 Å². The van der Waals surface area contributed by atoms with E-state index in [1.165, 1.54) is 5.56 Å². The van der Waals surface area contributed by atoms with Crippen LogP contribution in [0.2, 0.25) is 0 Å². The number of amides is 2. The predicted molar refractivity (Wildman–Crippen MR) is 78.3 cm³/mol. The minimum Gasteiger partial charge on any atom is -0.355 e. The molecule has 1 aliphatic heterocycles. The highest BCUT2D eigenvalue weighted by Crippen LogP contribution is 2.25. The van der Waals surface area contributed by atoms with Gasteiger partial charge in [-0.2, -0.15) is 0 Å². The van der Waals surface area contributed by atoms with Gasteiger partial charge in [-0.05, 0) is 24.1 Å². The molecule has 0 aromatic heterocycles. The first-order chi connectivity index (χ1) is 9.65. The van der Waals surface area contributed by atoms with Crippen molar-refractivity contribution in [2.75, 3.05) is 24.5 Å². The third-order valence-electron chi connectivity index (χ3n) is 3.60. The van der Waals surface area contributed by atoms with Crippen LogP contribution in [-0.4, -0.2) is 31.4 Å². The zero-order chi connectivity index (χ0) is 14.5. The van der Waals surface area contributed by atoms with Crippen LogP contribution in [0.3, 0.4) is 0 Å². The molecule has 2 amide bonds. The number of carbonyl (C=O) groups excluding carboxylic acids is 2. The van der Waals surface area contributed by atoms with Gasteiger partial charge in [-0.15, -0.1) is 0 Å². The molecule has 0 bridgehead atoms. The number of rotatable bonds is 5. The van der Waals surface area contributed by atoms with Gasteiger partial charge in [-0.25, -0.2) is 0 Å². The molecule has 1 saturated heterocycles. The molecular formula is C15H21N3O2. The molecule has 5 heteroatoms. The number of anilines is 1. The van der Waals surface area contributed by atoms with Crippen LogP contribution in [0.4, 0.5) is 5.69 Å². The van der Waals surface area contributed by atoms with Crippen LogP contribution in [0.25, 0.3) is 0 Å². The van der Waals surface area contributed by atoms with Gasteiger partial charge in [0, 0.05) is 31.7 Å². The van der Waals surface area contributed by atoms with E-state index in [1.54, 1.807) is 4.90 Å². The van der Waals surface area contributed by atoms with Crippen molar-refractivity contribution in [1.29, 1.82) is 0 Å². The van der Waals surface area contributed by atoms with E-state index in [2.05, 4.69) is 12.2 Å². The Balaban J connectivity index is 2.03. The number of nitrogens with one attached hydrogen (secondary N) is 1. The highest BCUT2D eigenvalue weighted by atomic mass is 16.2. The Hall–Kier alpha value is -1.88. The standard InChI is InChI=1S/C15H21N3O2/c1-2-11-3-5-13(6-4-11)18-10-12(9-14(18)19)15(20)17-8-7-16/h3-6,12H,2,7-10,16H2,1H3,(H,17,20). The van der Waals surface area contributed by atoms with Crippen molar-refractivity contribution in [3.05, 3.63) is 29.8 Å². The molecule has 1 atom stereocenters. The maximum atomic E-state index is 12.0. The van der Waals surface area contributed by atoms with Crippen LogP contribution in [-0.2, 0) is 16.0 Å². The van der Waals surface area contributed by atoms with Crippen molar-refractivity contribution in [2.45, 2.75) is 19.8 Å². The van der Waals surface area contributed by atoms with Crippen LogP contribution in [0, 0.1) is 5.92 Å². The summed E-state index contributed by atoms with van der Waals surface area (Å²) in [7, 11) is 0. The number of benzene rings is 1. The molecule has 1 aliphatic rings. The van der Waals surface area contributed by atoms with Gasteiger partial charge < -0.3 is 16.0 Å². The highest BCUT2D eigenvalue weighted by Gasteiger charge is 2.34. The minimum atomic E-state index is -0.278. The SMILES string of the molecule is CCc1ccc(N2CC(C(=O)NCCN)CC2=O)cc1. The lowest BCUT2D eigenvalue weighted by Crippen LogP contribution is -2.35. The van der Waals surface area contributed by atoms with Crippen molar-refractivity contribution in [3.63, 3.8) is 0 Å². The number of nitrogens with zero attached hydrogens (tertiary/aromatic N) is 1. The largest absolute Gasteiger partial charge is 0.355 e. The van der Waals surface area contributed by atoms with Gasteiger partial charge in [0.05, 0.1) is 5.92 Å². The van der Waals surface area contributed by atoms with Crippen molar-refractivity contribution in [3.8, 4) is 0 Å². The van der Waals surface area contributed by atoms with E-state index in [1.807, 2.05) is 24.3 Å².